The summed E-state index contributed by atoms with van der Waals surface area (Å²) in [6.07, 6.45) is -4.52. The Hall–Kier alpha value is -4.00. The fourth-order valence-corrected chi connectivity index (χ4v) is 5.19. The fourth-order valence-electron chi connectivity index (χ4n) is 4.47. The zero-order valence-corrected chi connectivity index (χ0v) is 22.9. The van der Waals surface area contributed by atoms with Gasteiger partial charge in [-0.1, -0.05) is 6.07 Å². The maximum absolute atomic E-state index is 14.5. The second-order valence-electron chi connectivity index (χ2n) is 8.96. The van der Waals surface area contributed by atoms with Crippen LogP contribution in [-0.4, -0.2) is 62.3 Å². The van der Waals surface area contributed by atoms with Crippen LogP contribution in [0.5, 0.6) is 11.5 Å². The predicted molar refractivity (Wildman–Crippen MR) is 146 cm³/mol. The number of rotatable bonds is 4. The van der Waals surface area contributed by atoms with Crippen molar-refractivity contribution in [1.82, 2.24) is 4.90 Å². The molecule has 3 heterocycles. The quantitative estimate of drug-likeness (QED) is 0.389. The summed E-state index contributed by atoms with van der Waals surface area (Å²) in [5.74, 6) is 0.613. The van der Waals surface area contributed by atoms with Gasteiger partial charge < -0.3 is 29.3 Å². The highest BCUT2D eigenvalue weighted by atomic mass is 32.1. The first-order valence-electron chi connectivity index (χ1n) is 12.2. The fraction of sp³-hybridized carbons (Fsp3) is 0.333. The number of carboxylic acid groups (broad SMARTS) is 1. The van der Waals surface area contributed by atoms with E-state index in [0.29, 0.717) is 37.7 Å². The van der Waals surface area contributed by atoms with Crippen LogP contribution in [-0.2, 0) is 17.5 Å². The zero-order chi connectivity index (χ0) is 29.0. The average Bonchev–Trinajstić information content (AvgIpc) is 3.30. The Morgan fingerprint density at radius 2 is 1.70 bits per heavy atom. The van der Waals surface area contributed by atoms with E-state index < -0.39 is 22.8 Å². The Kier molecular flexibility index (Phi) is 8.72. The standard InChI is InChI=1S/C25H24F4N4O2S.C2H4O2/c1-34-19-5-3-4-18(13-19)31-8-10-32(11-9-31)24-30-22-16(15-36-23(22)26)14-33(24)20-12-17(25(27,28)29)6-7-21(20)35-2;1-2(3)4/h3-7,12-13,15H,8-11,14H2,1-2H3;1H3,(H,3,4). The van der Waals surface area contributed by atoms with Gasteiger partial charge in [0.15, 0.2) is 0 Å². The molecule has 0 radical (unpaired) electrons. The number of carbonyl (C=O) groups is 1. The number of benzene rings is 2. The molecule has 0 amide bonds. The van der Waals surface area contributed by atoms with Crippen LogP contribution in [0.2, 0.25) is 0 Å². The number of thiophene rings is 1. The van der Waals surface area contributed by atoms with Crippen LogP contribution in [0.4, 0.5) is 34.6 Å². The summed E-state index contributed by atoms with van der Waals surface area (Å²) < 4.78 is 65.9. The van der Waals surface area contributed by atoms with E-state index >= 15 is 0 Å². The molecule has 13 heteroatoms. The Bertz CT molecular complexity index is 1380. The summed E-state index contributed by atoms with van der Waals surface area (Å²) in [7, 11) is 3.03. The highest BCUT2D eigenvalue weighted by Gasteiger charge is 2.35. The van der Waals surface area contributed by atoms with Gasteiger partial charge in [-0.25, -0.2) is 4.99 Å². The highest BCUT2D eigenvalue weighted by Crippen LogP contribution is 2.41. The number of ether oxygens (including phenoxy) is 2. The van der Waals surface area contributed by atoms with E-state index in [1.807, 2.05) is 29.2 Å². The molecule has 0 aliphatic carbocycles. The Balaban J connectivity index is 0.000000867. The van der Waals surface area contributed by atoms with Crippen LogP contribution in [0, 0.1) is 5.13 Å². The molecule has 214 valence electrons. The summed E-state index contributed by atoms with van der Waals surface area (Å²) in [5.41, 5.74) is 1.33. The third-order valence-electron chi connectivity index (χ3n) is 6.35. The van der Waals surface area contributed by atoms with Crippen molar-refractivity contribution in [2.45, 2.75) is 19.6 Å². The van der Waals surface area contributed by atoms with E-state index in [-0.39, 0.29) is 23.7 Å². The number of hydrogen-bond acceptors (Lipinski definition) is 8. The molecule has 3 aromatic rings. The summed E-state index contributed by atoms with van der Waals surface area (Å²) in [6.45, 7) is 3.67. The van der Waals surface area contributed by atoms with E-state index in [1.54, 1.807) is 17.4 Å². The third-order valence-corrected chi connectivity index (χ3v) is 7.16. The van der Waals surface area contributed by atoms with Gasteiger partial charge in [-0.05, 0) is 30.3 Å². The first kappa shape index (κ1) is 29.0. The lowest BCUT2D eigenvalue weighted by molar-refractivity contribution is -0.137. The molecule has 1 fully saturated rings. The van der Waals surface area contributed by atoms with Gasteiger partial charge in [0.05, 0.1) is 32.0 Å². The Morgan fingerprint density at radius 3 is 2.33 bits per heavy atom. The van der Waals surface area contributed by atoms with Gasteiger partial charge in [0.2, 0.25) is 11.1 Å². The van der Waals surface area contributed by atoms with Crippen molar-refractivity contribution in [3.63, 3.8) is 0 Å². The maximum Gasteiger partial charge on any atom is 0.416 e. The normalized spacial score (nSPS) is 15.1. The lowest BCUT2D eigenvalue weighted by Gasteiger charge is -2.42. The molecule has 0 atom stereocenters. The number of guanidine groups is 1. The number of nitrogens with zero attached hydrogens (tertiary/aromatic N) is 4. The van der Waals surface area contributed by atoms with Gasteiger partial charge in [-0.3, -0.25) is 4.79 Å². The first-order chi connectivity index (χ1) is 19.0. The molecular formula is C27H28F4N4O4S. The molecule has 1 N–H and O–H groups in total. The first-order valence-corrected chi connectivity index (χ1v) is 13.1. The molecule has 2 aliphatic heterocycles. The predicted octanol–water partition coefficient (Wildman–Crippen LogP) is 5.84. The molecule has 0 bridgehead atoms. The molecule has 0 saturated carbocycles. The smallest absolute Gasteiger partial charge is 0.416 e. The summed E-state index contributed by atoms with van der Waals surface area (Å²) >= 11 is 0.934. The van der Waals surface area contributed by atoms with E-state index in [1.165, 1.54) is 13.2 Å². The SMILES string of the molecule is CC(=O)O.COc1cccc(N2CCN(C3=Nc4c(csc4F)CN3c3cc(C(F)(F)F)ccc3OC)CC2)c1. The summed E-state index contributed by atoms with van der Waals surface area (Å²) in [6, 6.07) is 11.1. The molecule has 8 nitrogen and oxygen atoms in total. The van der Waals surface area contributed by atoms with Crippen LogP contribution in [0.15, 0.2) is 52.8 Å². The molecule has 1 saturated heterocycles. The number of halogens is 4. The maximum atomic E-state index is 14.5. The number of methoxy groups -OCH3 is 2. The van der Waals surface area contributed by atoms with Crippen molar-refractivity contribution >= 4 is 40.3 Å². The van der Waals surface area contributed by atoms with Crippen LogP contribution in [0.3, 0.4) is 0 Å². The number of aliphatic imine (C=N–C) groups is 1. The zero-order valence-electron chi connectivity index (χ0n) is 22.0. The van der Waals surface area contributed by atoms with Crippen molar-refractivity contribution in [1.29, 1.82) is 0 Å². The van der Waals surface area contributed by atoms with Crippen molar-refractivity contribution in [2.24, 2.45) is 4.99 Å². The van der Waals surface area contributed by atoms with Gasteiger partial charge in [0, 0.05) is 55.8 Å². The number of anilines is 2. The molecular weight excluding hydrogens is 552 g/mol. The molecule has 0 spiro atoms. The molecule has 40 heavy (non-hydrogen) atoms. The number of fused-ring (bicyclic) bond motifs is 1. The molecule has 5 rings (SSSR count). The topological polar surface area (TPSA) is 77.8 Å². The number of carboxylic acids is 1. The monoisotopic (exact) mass is 580 g/mol. The van der Waals surface area contributed by atoms with E-state index in [9.17, 15) is 17.6 Å². The van der Waals surface area contributed by atoms with Gasteiger partial charge in [0.1, 0.15) is 17.2 Å². The minimum absolute atomic E-state index is 0.183. The van der Waals surface area contributed by atoms with Crippen LogP contribution in [0.25, 0.3) is 0 Å². The summed E-state index contributed by atoms with van der Waals surface area (Å²) in [4.78, 5) is 19.5. The Morgan fingerprint density at radius 1 is 1.02 bits per heavy atom. The van der Waals surface area contributed by atoms with Crippen LogP contribution < -0.4 is 19.3 Å². The lowest BCUT2D eigenvalue weighted by atomic mass is 10.1. The van der Waals surface area contributed by atoms with Crippen molar-refractivity contribution in [2.75, 3.05) is 50.2 Å². The molecule has 0 unspecified atom stereocenters. The second kappa shape index (κ2) is 12.0. The highest BCUT2D eigenvalue weighted by molar-refractivity contribution is 7.08. The molecule has 1 aromatic heterocycles. The second-order valence-corrected chi connectivity index (χ2v) is 9.79. The lowest BCUT2D eigenvalue weighted by Crippen LogP contribution is -2.54. The Labute approximate surface area is 232 Å². The van der Waals surface area contributed by atoms with E-state index in [0.717, 1.165) is 41.8 Å². The number of alkyl halides is 3. The van der Waals surface area contributed by atoms with E-state index in [2.05, 4.69) is 9.89 Å². The van der Waals surface area contributed by atoms with Crippen LogP contribution in [0.1, 0.15) is 18.1 Å². The van der Waals surface area contributed by atoms with Gasteiger partial charge in [-0.15, -0.1) is 11.3 Å². The minimum atomic E-state index is -4.52. The number of hydrogen-bond donors (Lipinski definition) is 1. The molecule has 2 aromatic carbocycles. The summed E-state index contributed by atoms with van der Waals surface area (Å²) in [5, 5.41) is 8.66. The van der Waals surface area contributed by atoms with Crippen molar-refractivity contribution in [3.05, 3.63) is 64.1 Å². The van der Waals surface area contributed by atoms with Gasteiger partial charge in [-0.2, -0.15) is 17.6 Å². The van der Waals surface area contributed by atoms with Crippen LogP contribution >= 0.6 is 11.3 Å². The van der Waals surface area contributed by atoms with Crippen molar-refractivity contribution in [3.8, 4) is 11.5 Å². The van der Waals surface area contributed by atoms with Crippen molar-refractivity contribution < 1.29 is 36.9 Å². The average molecular weight is 581 g/mol. The third kappa shape index (κ3) is 6.41. The minimum Gasteiger partial charge on any atom is -0.497 e. The molecule has 2 aliphatic rings. The largest absolute Gasteiger partial charge is 0.497 e. The van der Waals surface area contributed by atoms with Gasteiger partial charge >= 0.3 is 6.18 Å². The number of piperazine rings is 1. The van der Waals surface area contributed by atoms with E-state index in [4.69, 9.17) is 19.4 Å². The van der Waals surface area contributed by atoms with Gasteiger partial charge in [0.25, 0.3) is 5.97 Å². The number of aliphatic carboxylic acids is 1.